The van der Waals surface area contributed by atoms with Gasteiger partial charge in [-0.25, -0.2) is 0 Å². The van der Waals surface area contributed by atoms with E-state index in [2.05, 4.69) is 0 Å². The van der Waals surface area contributed by atoms with Gasteiger partial charge in [0.05, 0.1) is 6.42 Å². The molecule has 0 atom stereocenters. The molecule has 0 bridgehead atoms. The van der Waals surface area contributed by atoms with Gasteiger partial charge < -0.3 is 4.90 Å². The number of carbonyl (C=O) groups is 1. The minimum atomic E-state index is 0.171. The molecule has 0 unspecified atom stereocenters. The lowest BCUT2D eigenvalue weighted by Gasteiger charge is -2.18. The summed E-state index contributed by atoms with van der Waals surface area (Å²) in [4.78, 5) is 13.6. The van der Waals surface area contributed by atoms with Gasteiger partial charge >= 0.3 is 0 Å². The van der Waals surface area contributed by atoms with Crippen LogP contribution in [0.25, 0.3) is 0 Å². The highest BCUT2D eigenvalue weighted by Gasteiger charge is 2.09. The zero-order valence-corrected chi connectivity index (χ0v) is 9.36. The topological polar surface area (TPSA) is 20.3 Å². The maximum atomic E-state index is 11.8. The first-order valence-electron chi connectivity index (χ1n) is 5.29. The number of nitrogens with zero attached hydrogens (tertiary/aromatic N) is 1. The summed E-state index contributed by atoms with van der Waals surface area (Å²) >= 11 is 0. The summed E-state index contributed by atoms with van der Waals surface area (Å²) in [7, 11) is 5.57. The molecule has 0 aliphatic heterocycles. The van der Waals surface area contributed by atoms with Gasteiger partial charge in [0, 0.05) is 13.1 Å². The van der Waals surface area contributed by atoms with Crippen molar-refractivity contribution in [1.82, 2.24) is 4.90 Å². The smallest absolute Gasteiger partial charge is 0.226 e. The maximum absolute atomic E-state index is 11.8. The highest BCUT2D eigenvalue weighted by atomic mass is 16.2. The van der Waals surface area contributed by atoms with Crippen molar-refractivity contribution in [1.29, 1.82) is 0 Å². The Morgan fingerprint density at radius 2 is 1.73 bits per heavy atom. The average molecular weight is 201 g/mol. The van der Waals surface area contributed by atoms with E-state index in [4.69, 9.17) is 7.85 Å². The predicted octanol–water partition coefficient (Wildman–Crippen LogP) is 0.891. The molecule has 2 nitrogen and oxygen atoms in total. The zero-order valence-electron chi connectivity index (χ0n) is 9.36. The first-order chi connectivity index (χ1) is 7.17. The summed E-state index contributed by atoms with van der Waals surface area (Å²) in [5.41, 5.74) is 1.75. The maximum Gasteiger partial charge on any atom is 0.226 e. The molecule has 1 rings (SSSR count). The third-order valence-electron chi connectivity index (χ3n) is 2.45. The molecule has 0 N–H and O–H groups in total. The van der Waals surface area contributed by atoms with Crippen LogP contribution in [0, 0.1) is 0 Å². The Bertz CT molecular complexity index is 317. The monoisotopic (exact) mass is 201 g/mol. The third-order valence-corrected chi connectivity index (χ3v) is 2.45. The minimum absolute atomic E-state index is 0.171. The fraction of sp³-hybridized carbons (Fsp3) is 0.417. The lowest BCUT2D eigenvalue weighted by atomic mass is 9.95. The minimum Gasteiger partial charge on any atom is -0.343 e. The SMILES string of the molecule is [B]c1ccc(CC(=O)N(CC)CC)cc1. The summed E-state index contributed by atoms with van der Waals surface area (Å²) < 4.78 is 0. The normalized spacial score (nSPS) is 10.0. The van der Waals surface area contributed by atoms with E-state index in [-0.39, 0.29) is 5.91 Å². The Kier molecular flexibility index (Phi) is 4.41. The Morgan fingerprint density at radius 1 is 1.20 bits per heavy atom. The molecule has 0 saturated carbocycles. The molecule has 1 aromatic carbocycles. The first kappa shape index (κ1) is 11.8. The molecule has 2 radical (unpaired) electrons. The molecule has 0 aliphatic carbocycles. The van der Waals surface area contributed by atoms with E-state index in [0.717, 1.165) is 24.1 Å². The zero-order chi connectivity index (χ0) is 11.3. The molecule has 0 saturated heterocycles. The van der Waals surface area contributed by atoms with Gasteiger partial charge in [-0.3, -0.25) is 4.79 Å². The largest absolute Gasteiger partial charge is 0.343 e. The first-order valence-corrected chi connectivity index (χ1v) is 5.29. The van der Waals surface area contributed by atoms with Gasteiger partial charge in [0.1, 0.15) is 7.85 Å². The lowest BCUT2D eigenvalue weighted by Crippen LogP contribution is -2.31. The number of amides is 1. The second-order valence-electron chi connectivity index (χ2n) is 3.48. The van der Waals surface area contributed by atoms with Gasteiger partial charge in [0.15, 0.2) is 0 Å². The summed E-state index contributed by atoms with van der Waals surface area (Å²) in [6.07, 6.45) is 0.460. The molecular formula is C12H16BNO. The molecule has 15 heavy (non-hydrogen) atoms. The number of likely N-dealkylation sites (N-methyl/N-ethyl adjacent to an activating group) is 1. The van der Waals surface area contributed by atoms with Crippen LogP contribution in [0.3, 0.4) is 0 Å². The Labute approximate surface area is 92.7 Å². The van der Waals surface area contributed by atoms with Crippen molar-refractivity contribution in [2.24, 2.45) is 0 Å². The van der Waals surface area contributed by atoms with E-state index in [0.29, 0.717) is 6.42 Å². The van der Waals surface area contributed by atoms with E-state index in [1.165, 1.54) is 0 Å². The van der Waals surface area contributed by atoms with Gasteiger partial charge in [0.25, 0.3) is 0 Å². The summed E-state index contributed by atoms with van der Waals surface area (Å²) in [5.74, 6) is 0.171. The molecule has 78 valence electrons. The van der Waals surface area contributed by atoms with Crippen LogP contribution < -0.4 is 5.46 Å². The molecule has 0 fully saturated rings. The second kappa shape index (κ2) is 5.59. The molecule has 0 spiro atoms. The second-order valence-corrected chi connectivity index (χ2v) is 3.48. The Hall–Kier alpha value is -1.25. The van der Waals surface area contributed by atoms with Gasteiger partial charge in [0.2, 0.25) is 5.91 Å². The van der Waals surface area contributed by atoms with Crippen LogP contribution in [0.5, 0.6) is 0 Å². The van der Waals surface area contributed by atoms with Gasteiger partial charge in [-0.15, -0.1) is 0 Å². The van der Waals surface area contributed by atoms with Gasteiger partial charge in [-0.2, -0.15) is 0 Å². The highest BCUT2D eigenvalue weighted by Crippen LogP contribution is 2.01. The molecule has 0 aliphatic rings. The van der Waals surface area contributed by atoms with Crippen molar-refractivity contribution >= 4 is 19.2 Å². The van der Waals surface area contributed by atoms with E-state index in [1.54, 1.807) is 0 Å². The molecule has 0 aromatic heterocycles. The molecular weight excluding hydrogens is 185 g/mol. The van der Waals surface area contributed by atoms with Crippen molar-refractivity contribution in [2.45, 2.75) is 20.3 Å². The summed E-state index contributed by atoms with van der Waals surface area (Å²) in [5, 5.41) is 0. The van der Waals surface area contributed by atoms with E-state index in [9.17, 15) is 4.79 Å². The van der Waals surface area contributed by atoms with Crippen molar-refractivity contribution in [3.8, 4) is 0 Å². The van der Waals surface area contributed by atoms with Crippen LogP contribution in [-0.2, 0) is 11.2 Å². The molecule has 3 heteroatoms. The number of benzene rings is 1. The predicted molar refractivity (Wildman–Crippen MR) is 63.5 cm³/mol. The van der Waals surface area contributed by atoms with Crippen molar-refractivity contribution < 1.29 is 4.79 Å². The van der Waals surface area contributed by atoms with Crippen molar-refractivity contribution in [3.63, 3.8) is 0 Å². The number of hydrogen-bond donors (Lipinski definition) is 0. The van der Waals surface area contributed by atoms with Crippen LogP contribution in [0.1, 0.15) is 19.4 Å². The molecule has 0 heterocycles. The molecule has 1 amide bonds. The van der Waals surface area contributed by atoms with Gasteiger partial charge in [-0.1, -0.05) is 29.7 Å². The van der Waals surface area contributed by atoms with E-state index < -0.39 is 0 Å². The number of rotatable bonds is 4. The van der Waals surface area contributed by atoms with E-state index in [1.807, 2.05) is 43.0 Å². The third kappa shape index (κ3) is 3.42. The lowest BCUT2D eigenvalue weighted by molar-refractivity contribution is -0.130. The van der Waals surface area contributed by atoms with Crippen LogP contribution in [-0.4, -0.2) is 31.7 Å². The van der Waals surface area contributed by atoms with Gasteiger partial charge in [-0.05, 0) is 19.4 Å². The standard InChI is InChI=1S/C12H16BNO/c1-3-14(4-2)12(15)9-10-5-7-11(13)8-6-10/h5-8H,3-4,9H2,1-2H3. The fourth-order valence-electron chi connectivity index (χ4n) is 1.50. The van der Waals surface area contributed by atoms with Crippen molar-refractivity contribution in [3.05, 3.63) is 29.8 Å². The number of hydrogen-bond acceptors (Lipinski definition) is 1. The average Bonchev–Trinajstić information content (AvgIpc) is 2.23. The summed E-state index contributed by atoms with van der Waals surface area (Å²) in [6, 6.07) is 7.45. The highest BCUT2D eigenvalue weighted by molar-refractivity contribution is 6.32. The van der Waals surface area contributed by atoms with Crippen LogP contribution in [0.4, 0.5) is 0 Å². The Morgan fingerprint density at radius 3 is 2.20 bits per heavy atom. The molecule has 1 aromatic rings. The van der Waals surface area contributed by atoms with Crippen LogP contribution >= 0.6 is 0 Å². The summed E-state index contributed by atoms with van der Waals surface area (Å²) in [6.45, 7) is 5.52. The van der Waals surface area contributed by atoms with E-state index >= 15 is 0 Å². The van der Waals surface area contributed by atoms with Crippen LogP contribution in [0.2, 0.25) is 0 Å². The Balaban J connectivity index is 2.61. The van der Waals surface area contributed by atoms with Crippen LogP contribution in [0.15, 0.2) is 24.3 Å². The number of carbonyl (C=O) groups excluding carboxylic acids is 1. The quantitative estimate of drug-likeness (QED) is 0.662. The fourth-order valence-corrected chi connectivity index (χ4v) is 1.50. The van der Waals surface area contributed by atoms with Crippen molar-refractivity contribution in [2.75, 3.05) is 13.1 Å².